The number of aryl methyl sites for hydroxylation is 1. The fourth-order valence-electron chi connectivity index (χ4n) is 1.78. The van der Waals surface area contributed by atoms with Crippen LogP contribution in [0.15, 0.2) is 54.6 Å². The molecule has 0 bridgehead atoms. The van der Waals surface area contributed by atoms with Crippen molar-refractivity contribution in [3.8, 4) is 0 Å². The average Bonchev–Trinajstić information content (AvgIpc) is 2.30. The van der Waals surface area contributed by atoms with E-state index >= 15 is 0 Å². The van der Waals surface area contributed by atoms with Gasteiger partial charge < -0.3 is 5.11 Å². The van der Waals surface area contributed by atoms with Crippen LogP contribution in [-0.2, 0) is 10.9 Å². The van der Waals surface area contributed by atoms with Crippen LogP contribution < -0.4 is 0 Å². The molecule has 0 aliphatic rings. The molecule has 0 aromatic heterocycles. The molecular formula is C15H15BrO. The van der Waals surface area contributed by atoms with E-state index < -0.39 is 4.51 Å². The number of rotatable bonds is 3. The van der Waals surface area contributed by atoms with Gasteiger partial charge in [-0.1, -0.05) is 60.2 Å². The summed E-state index contributed by atoms with van der Waals surface area (Å²) in [7, 11) is 0. The molecule has 0 aliphatic carbocycles. The number of hydrogen-bond donors (Lipinski definition) is 1. The largest absolute Gasteiger partial charge is 0.374 e. The standard InChI is InChI=1S/C15H15BrO/c1-12-7-9-14(10-8-12)15(16,17)11-13-5-3-2-4-6-13/h2-10,17H,11H2,1H3. The predicted molar refractivity (Wildman–Crippen MR) is 74.1 cm³/mol. The normalized spacial score (nSPS) is 14.3. The summed E-state index contributed by atoms with van der Waals surface area (Å²) in [5, 5.41) is 10.4. The lowest BCUT2D eigenvalue weighted by Crippen LogP contribution is -2.20. The van der Waals surface area contributed by atoms with Crippen LogP contribution in [0.3, 0.4) is 0 Å². The van der Waals surface area contributed by atoms with E-state index in [-0.39, 0.29) is 0 Å². The first-order valence-electron chi connectivity index (χ1n) is 5.60. The molecule has 0 aliphatic heterocycles. The van der Waals surface area contributed by atoms with Gasteiger partial charge in [-0.25, -0.2) is 0 Å². The molecule has 0 amide bonds. The van der Waals surface area contributed by atoms with Crippen molar-refractivity contribution >= 4 is 15.9 Å². The number of hydrogen-bond acceptors (Lipinski definition) is 1. The Labute approximate surface area is 110 Å². The van der Waals surface area contributed by atoms with Gasteiger partial charge >= 0.3 is 0 Å². The second kappa shape index (κ2) is 5.03. The third-order valence-corrected chi connectivity index (χ3v) is 3.51. The Morgan fingerprint density at radius 1 is 1.00 bits per heavy atom. The zero-order chi connectivity index (χ0) is 12.3. The lowest BCUT2D eigenvalue weighted by Gasteiger charge is -2.22. The molecule has 0 saturated carbocycles. The van der Waals surface area contributed by atoms with Gasteiger partial charge in [0.2, 0.25) is 0 Å². The minimum Gasteiger partial charge on any atom is -0.374 e. The third-order valence-electron chi connectivity index (χ3n) is 2.78. The topological polar surface area (TPSA) is 20.2 Å². The van der Waals surface area contributed by atoms with E-state index in [1.165, 1.54) is 5.56 Å². The highest BCUT2D eigenvalue weighted by Gasteiger charge is 2.25. The van der Waals surface area contributed by atoms with E-state index in [9.17, 15) is 5.11 Å². The minimum atomic E-state index is -0.998. The van der Waals surface area contributed by atoms with E-state index in [0.29, 0.717) is 6.42 Å². The van der Waals surface area contributed by atoms with Gasteiger partial charge in [0, 0.05) is 6.42 Å². The van der Waals surface area contributed by atoms with Gasteiger partial charge in [0.15, 0.2) is 0 Å². The van der Waals surface area contributed by atoms with Gasteiger partial charge in [0.25, 0.3) is 0 Å². The Hall–Kier alpha value is -1.12. The van der Waals surface area contributed by atoms with Crippen LogP contribution >= 0.6 is 15.9 Å². The van der Waals surface area contributed by atoms with Gasteiger partial charge in [0.05, 0.1) is 0 Å². The maximum atomic E-state index is 10.4. The van der Waals surface area contributed by atoms with Gasteiger partial charge in [-0.15, -0.1) is 0 Å². The summed E-state index contributed by atoms with van der Waals surface area (Å²) in [5.41, 5.74) is 3.18. The Morgan fingerprint density at radius 2 is 1.59 bits per heavy atom. The van der Waals surface area contributed by atoms with Gasteiger partial charge in [-0.3, -0.25) is 0 Å². The first-order valence-corrected chi connectivity index (χ1v) is 6.39. The molecule has 17 heavy (non-hydrogen) atoms. The molecule has 1 N–H and O–H groups in total. The zero-order valence-corrected chi connectivity index (χ0v) is 11.3. The Bertz CT molecular complexity index is 474. The number of aliphatic hydroxyl groups is 1. The molecule has 0 heterocycles. The molecular weight excluding hydrogens is 276 g/mol. The van der Waals surface area contributed by atoms with E-state index in [1.54, 1.807) is 0 Å². The molecule has 88 valence electrons. The molecule has 0 saturated heterocycles. The van der Waals surface area contributed by atoms with Crippen LogP contribution in [0.25, 0.3) is 0 Å². The van der Waals surface area contributed by atoms with Crippen molar-refractivity contribution in [1.29, 1.82) is 0 Å². The predicted octanol–water partition coefficient (Wildman–Crippen LogP) is 3.78. The first-order chi connectivity index (χ1) is 8.08. The van der Waals surface area contributed by atoms with E-state index in [4.69, 9.17) is 0 Å². The second-order valence-corrected chi connectivity index (χ2v) is 5.60. The van der Waals surface area contributed by atoms with Crippen LogP contribution in [-0.4, -0.2) is 5.11 Å². The van der Waals surface area contributed by atoms with E-state index in [1.807, 2.05) is 61.5 Å². The van der Waals surface area contributed by atoms with Gasteiger partial charge in [-0.2, -0.15) is 0 Å². The molecule has 2 aromatic carbocycles. The van der Waals surface area contributed by atoms with Crippen molar-refractivity contribution in [3.63, 3.8) is 0 Å². The summed E-state index contributed by atoms with van der Waals surface area (Å²) < 4.78 is -0.998. The molecule has 1 atom stereocenters. The lowest BCUT2D eigenvalue weighted by atomic mass is 10.0. The number of halogens is 1. The van der Waals surface area contributed by atoms with E-state index in [2.05, 4.69) is 15.9 Å². The smallest absolute Gasteiger partial charge is 0.148 e. The number of alkyl halides is 1. The van der Waals surface area contributed by atoms with Crippen molar-refractivity contribution in [2.24, 2.45) is 0 Å². The van der Waals surface area contributed by atoms with Crippen LogP contribution in [0.4, 0.5) is 0 Å². The third kappa shape index (κ3) is 3.18. The Balaban J connectivity index is 2.21. The summed E-state index contributed by atoms with van der Waals surface area (Å²) in [6.45, 7) is 2.04. The molecule has 2 rings (SSSR count). The summed E-state index contributed by atoms with van der Waals surface area (Å²) >= 11 is 3.41. The van der Waals surface area contributed by atoms with Crippen molar-refractivity contribution < 1.29 is 5.11 Å². The molecule has 0 spiro atoms. The summed E-state index contributed by atoms with van der Waals surface area (Å²) in [5.74, 6) is 0. The first kappa shape index (κ1) is 12.3. The van der Waals surface area contributed by atoms with Gasteiger partial charge in [-0.05, 0) is 34.0 Å². The van der Waals surface area contributed by atoms with Crippen molar-refractivity contribution in [2.45, 2.75) is 17.9 Å². The summed E-state index contributed by atoms with van der Waals surface area (Å²) in [6, 6.07) is 17.9. The van der Waals surface area contributed by atoms with Crippen molar-refractivity contribution in [3.05, 3.63) is 71.3 Å². The average molecular weight is 291 g/mol. The molecule has 1 unspecified atom stereocenters. The van der Waals surface area contributed by atoms with Crippen LogP contribution in [0, 0.1) is 6.92 Å². The van der Waals surface area contributed by atoms with Gasteiger partial charge in [0.1, 0.15) is 4.51 Å². The molecule has 1 nitrogen and oxygen atoms in total. The molecule has 2 aromatic rings. The lowest BCUT2D eigenvalue weighted by molar-refractivity contribution is 0.146. The molecule has 0 fully saturated rings. The van der Waals surface area contributed by atoms with Crippen LogP contribution in [0.1, 0.15) is 16.7 Å². The zero-order valence-electron chi connectivity index (χ0n) is 9.73. The van der Waals surface area contributed by atoms with Crippen molar-refractivity contribution in [1.82, 2.24) is 0 Å². The monoisotopic (exact) mass is 290 g/mol. The quantitative estimate of drug-likeness (QED) is 0.853. The Morgan fingerprint density at radius 3 is 2.18 bits per heavy atom. The SMILES string of the molecule is Cc1ccc(C(O)(Br)Cc2ccccc2)cc1. The molecule has 0 radical (unpaired) electrons. The highest BCUT2D eigenvalue weighted by Crippen LogP contribution is 2.32. The van der Waals surface area contributed by atoms with Crippen LogP contribution in [0.2, 0.25) is 0 Å². The highest BCUT2D eigenvalue weighted by molar-refractivity contribution is 9.09. The number of benzene rings is 2. The second-order valence-electron chi connectivity index (χ2n) is 4.29. The fraction of sp³-hybridized carbons (Fsp3) is 0.200. The highest BCUT2D eigenvalue weighted by atomic mass is 79.9. The Kier molecular flexibility index (Phi) is 3.65. The maximum absolute atomic E-state index is 10.4. The summed E-state index contributed by atoms with van der Waals surface area (Å²) in [4.78, 5) is 0. The minimum absolute atomic E-state index is 0.552. The molecule has 2 heteroatoms. The fourth-order valence-corrected chi connectivity index (χ4v) is 2.37. The maximum Gasteiger partial charge on any atom is 0.148 e. The van der Waals surface area contributed by atoms with E-state index in [0.717, 1.165) is 11.1 Å². The van der Waals surface area contributed by atoms with Crippen molar-refractivity contribution in [2.75, 3.05) is 0 Å². The summed E-state index contributed by atoms with van der Waals surface area (Å²) in [6.07, 6.45) is 0.552. The van der Waals surface area contributed by atoms with Crippen LogP contribution in [0.5, 0.6) is 0 Å².